The minimum absolute atomic E-state index is 0.0521. The highest BCUT2D eigenvalue weighted by Gasteiger charge is 2.47. The highest BCUT2D eigenvalue weighted by atomic mass is 32.2. The minimum Gasteiger partial charge on any atom is -0.384 e. The first-order valence-electron chi connectivity index (χ1n) is 7.63. The lowest BCUT2D eigenvalue weighted by Gasteiger charge is -2.15. The molecule has 0 bridgehead atoms. The molecule has 0 aliphatic rings. The fraction of sp³-hybridized carbons (Fsp3) is 0.235. The average Bonchev–Trinajstić information content (AvgIpc) is 2.55. The van der Waals surface area contributed by atoms with Crippen molar-refractivity contribution in [3.05, 3.63) is 53.6 Å². The molecular formula is C17H17F3N2O3S. The van der Waals surface area contributed by atoms with Gasteiger partial charge < -0.3 is 10.6 Å². The molecule has 0 aromatic heterocycles. The number of rotatable bonds is 5. The van der Waals surface area contributed by atoms with Crippen molar-refractivity contribution >= 4 is 27.1 Å². The molecular weight excluding hydrogens is 369 g/mol. The molecule has 0 aliphatic heterocycles. The second kappa shape index (κ2) is 7.36. The van der Waals surface area contributed by atoms with Crippen LogP contribution in [0.3, 0.4) is 0 Å². The van der Waals surface area contributed by atoms with E-state index in [0.29, 0.717) is 17.8 Å². The molecule has 2 aromatic rings. The maximum absolute atomic E-state index is 12.8. The van der Waals surface area contributed by atoms with E-state index in [9.17, 15) is 26.4 Å². The summed E-state index contributed by atoms with van der Waals surface area (Å²) in [6.07, 6.45) is 0. The summed E-state index contributed by atoms with van der Waals surface area (Å²) < 4.78 is 61.6. The number of anilines is 2. The van der Waals surface area contributed by atoms with E-state index >= 15 is 0 Å². The Morgan fingerprint density at radius 2 is 1.77 bits per heavy atom. The fourth-order valence-electron chi connectivity index (χ4n) is 2.25. The quantitative estimate of drug-likeness (QED) is 0.815. The second-order valence-electron chi connectivity index (χ2n) is 5.51. The predicted molar refractivity (Wildman–Crippen MR) is 93.0 cm³/mol. The molecule has 140 valence electrons. The molecule has 0 heterocycles. The van der Waals surface area contributed by atoms with E-state index in [4.69, 9.17) is 0 Å². The van der Waals surface area contributed by atoms with Gasteiger partial charge in [0.15, 0.2) is 0 Å². The van der Waals surface area contributed by atoms with E-state index in [1.54, 1.807) is 38.1 Å². The van der Waals surface area contributed by atoms with Crippen molar-refractivity contribution in [1.29, 1.82) is 0 Å². The molecule has 9 heteroatoms. The van der Waals surface area contributed by atoms with Crippen LogP contribution in [0.5, 0.6) is 0 Å². The van der Waals surface area contributed by atoms with Gasteiger partial charge in [0.2, 0.25) is 0 Å². The molecule has 0 atom stereocenters. The summed E-state index contributed by atoms with van der Waals surface area (Å²) in [7, 11) is -5.52. The highest BCUT2D eigenvalue weighted by molar-refractivity contribution is 7.92. The van der Waals surface area contributed by atoms with E-state index in [1.807, 2.05) is 0 Å². The summed E-state index contributed by atoms with van der Waals surface area (Å²) in [5.74, 6) is -0.561. The number of benzene rings is 2. The molecule has 0 saturated heterocycles. The zero-order chi connectivity index (χ0) is 19.5. The van der Waals surface area contributed by atoms with E-state index in [1.165, 1.54) is 6.07 Å². The molecule has 1 amide bonds. The first kappa shape index (κ1) is 19.8. The molecule has 0 spiro atoms. The van der Waals surface area contributed by atoms with Crippen molar-refractivity contribution < 1.29 is 26.4 Å². The number of hydrogen-bond acceptors (Lipinski definition) is 4. The van der Waals surface area contributed by atoms with Gasteiger partial charge >= 0.3 is 5.51 Å². The highest BCUT2D eigenvalue weighted by Crippen LogP contribution is 2.34. The summed E-state index contributed by atoms with van der Waals surface area (Å²) in [4.78, 5) is 11.4. The van der Waals surface area contributed by atoms with Crippen molar-refractivity contribution in [2.75, 3.05) is 17.2 Å². The zero-order valence-corrected chi connectivity index (χ0v) is 14.8. The van der Waals surface area contributed by atoms with Crippen LogP contribution in [-0.4, -0.2) is 26.4 Å². The number of carbonyl (C=O) groups is 1. The van der Waals surface area contributed by atoms with Crippen LogP contribution in [0.1, 0.15) is 22.8 Å². The van der Waals surface area contributed by atoms with E-state index < -0.39 is 26.1 Å². The molecule has 0 radical (unpaired) electrons. The summed E-state index contributed by atoms with van der Waals surface area (Å²) >= 11 is 0. The van der Waals surface area contributed by atoms with Gasteiger partial charge in [-0.25, -0.2) is 8.42 Å². The Hall–Kier alpha value is -2.55. The van der Waals surface area contributed by atoms with Crippen molar-refractivity contribution in [1.82, 2.24) is 0 Å². The van der Waals surface area contributed by atoms with E-state index in [0.717, 1.165) is 17.7 Å². The minimum atomic E-state index is -5.52. The van der Waals surface area contributed by atoms with Gasteiger partial charge in [-0.05, 0) is 44.2 Å². The van der Waals surface area contributed by atoms with Crippen LogP contribution < -0.4 is 10.6 Å². The van der Waals surface area contributed by atoms with Gasteiger partial charge in [-0.1, -0.05) is 17.7 Å². The Morgan fingerprint density at radius 3 is 2.35 bits per heavy atom. The Morgan fingerprint density at radius 1 is 1.08 bits per heavy atom. The first-order valence-corrected chi connectivity index (χ1v) is 9.12. The van der Waals surface area contributed by atoms with Gasteiger partial charge in [0.1, 0.15) is 0 Å². The van der Waals surface area contributed by atoms with Crippen molar-refractivity contribution in [3.8, 4) is 0 Å². The molecule has 2 rings (SSSR count). The Bertz CT molecular complexity index is 925. The third-order valence-corrected chi connectivity index (χ3v) is 4.99. The lowest BCUT2D eigenvalue weighted by molar-refractivity contribution is -0.0436. The van der Waals surface area contributed by atoms with Gasteiger partial charge in [0, 0.05) is 12.1 Å². The molecule has 0 unspecified atom stereocenters. The lowest BCUT2D eigenvalue weighted by Crippen LogP contribution is -2.23. The third kappa shape index (κ3) is 4.16. The van der Waals surface area contributed by atoms with Crippen LogP contribution in [0, 0.1) is 6.92 Å². The Balaban J connectivity index is 2.45. The average molecular weight is 386 g/mol. The van der Waals surface area contributed by atoms with Gasteiger partial charge in [0.05, 0.1) is 16.3 Å². The summed E-state index contributed by atoms with van der Waals surface area (Å²) in [5, 5.41) is 5.34. The van der Waals surface area contributed by atoms with Crippen molar-refractivity contribution in [2.45, 2.75) is 24.3 Å². The lowest BCUT2D eigenvalue weighted by atomic mass is 10.1. The monoisotopic (exact) mass is 386 g/mol. The van der Waals surface area contributed by atoms with Crippen LogP contribution in [0.15, 0.2) is 47.4 Å². The maximum Gasteiger partial charge on any atom is 0.501 e. The smallest absolute Gasteiger partial charge is 0.384 e. The fourth-order valence-corrected chi connectivity index (χ4v) is 3.04. The van der Waals surface area contributed by atoms with Gasteiger partial charge in [-0.2, -0.15) is 13.2 Å². The SMILES string of the molecule is CCNc1ccc(S(=O)(=O)C(F)(F)F)cc1NC(=O)c1cccc(C)c1. The summed E-state index contributed by atoms with van der Waals surface area (Å²) in [6, 6.07) is 9.45. The molecule has 0 saturated carbocycles. The van der Waals surface area contributed by atoms with Crippen molar-refractivity contribution in [2.24, 2.45) is 0 Å². The van der Waals surface area contributed by atoms with Crippen LogP contribution in [0.4, 0.5) is 24.5 Å². The molecule has 2 aromatic carbocycles. The first-order chi connectivity index (χ1) is 12.1. The number of hydrogen-bond donors (Lipinski definition) is 2. The van der Waals surface area contributed by atoms with E-state index in [2.05, 4.69) is 10.6 Å². The Labute approximate surface area is 149 Å². The number of sulfone groups is 1. The summed E-state index contributed by atoms with van der Waals surface area (Å²) in [5.41, 5.74) is -4.03. The Kier molecular flexibility index (Phi) is 5.60. The number of aryl methyl sites for hydroxylation is 1. The topological polar surface area (TPSA) is 75.3 Å². The molecule has 0 aliphatic carbocycles. The molecule has 26 heavy (non-hydrogen) atoms. The number of alkyl halides is 3. The normalized spacial score (nSPS) is 11.9. The van der Waals surface area contributed by atoms with Crippen LogP contribution in [0.2, 0.25) is 0 Å². The zero-order valence-electron chi connectivity index (χ0n) is 14.0. The van der Waals surface area contributed by atoms with Crippen LogP contribution in [-0.2, 0) is 9.84 Å². The van der Waals surface area contributed by atoms with Crippen LogP contribution in [0.25, 0.3) is 0 Å². The summed E-state index contributed by atoms with van der Waals surface area (Å²) in [6.45, 7) is 3.97. The predicted octanol–water partition coefficient (Wildman–Crippen LogP) is 3.97. The number of amides is 1. The number of carbonyl (C=O) groups excluding carboxylic acids is 1. The molecule has 5 nitrogen and oxygen atoms in total. The van der Waals surface area contributed by atoms with E-state index in [-0.39, 0.29) is 5.69 Å². The number of halogens is 3. The van der Waals surface area contributed by atoms with Gasteiger partial charge in [-0.15, -0.1) is 0 Å². The molecule has 2 N–H and O–H groups in total. The standard InChI is InChI=1S/C17H17F3N2O3S/c1-3-21-14-8-7-13(26(24,25)17(18,19)20)10-15(14)22-16(23)12-6-4-5-11(2)9-12/h4-10,21H,3H2,1-2H3,(H,22,23). The maximum atomic E-state index is 12.8. The number of nitrogens with one attached hydrogen (secondary N) is 2. The second-order valence-corrected chi connectivity index (χ2v) is 7.45. The third-order valence-electron chi connectivity index (χ3n) is 3.50. The van der Waals surface area contributed by atoms with Gasteiger partial charge in [0.25, 0.3) is 15.7 Å². The van der Waals surface area contributed by atoms with Gasteiger partial charge in [-0.3, -0.25) is 4.79 Å². The molecule has 0 fully saturated rings. The van der Waals surface area contributed by atoms with Crippen LogP contribution >= 0.6 is 0 Å². The van der Waals surface area contributed by atoms with Crippen molar-refractivity contribution in [3.63, 3.8) is 0 Å². The largest absolute Gasteiger partial charge is 0.501 e.